The summed E-state index contributed by atoms with van der Waals surface area (Å²) in [5.74, 6) is -0.782. The second-order valence-electron chi connectivity index (χ2n) is 9.41. The summed E-state index contributed by atoms with van der Waals surface area (Å²) in [6.07, 6.45) is 6.61. The van der Waals surface area contributed by atoms with E-state index in [2.05, 4.69) is 29.3 Å². The van der Waals surface area contributed by atoms with Gasteiger partial charge in [-0.3, -0.25) is 4.98 Å². The van der Waals surface area contributed by atoms with Crippen LogP contribution in [0, 0.1) is 11.7 Å². The highest BCUT2D eigenvalue weighted by molar-refractivity contribution is 7.90. The maximum absolute atomic E-state index is 14.1. The van der Waals surface area contributed by atoms with Gasteiger partial charge in [0.25, 0.3) is 0 Å². The number of pyridine rings is 1. The van der Waals surface area contributed by atoms with Crippen LogP contribution in [0.4, 0.5) is 10.1 Å². The summed E-state index contributed by atoms with van der Waals surface area (Å²) >= 11 is 5.98. The van der Waals surface area contributed by atoms with E-state index >= 15 is 0 Å². The van der Waals surface area contributed by atoms with Crippen molar-refractivity contribution >= 4 is 38.0 Å². The molecular formula is C25H29ClFN3O3S. The van der Waals surface area contributed by atoms with E-state index in [-0.39, 0.29) is 16.0 Å². The Hall–Kier alpha value is -2.42. The van der Waals surface area contributed by atoms with E-state index in [1.165, 1.54) is 24.6 Å². The van der Waals surface area contributed by atoms with Gasteiger partial charge in [0.05, 0.1) is 16.2 Å². The van der Waals surface area contributed by atoms with Gasteiger partial charge in [0, 0.05) is 30.4 Å². The molecule has 0 aliphatic heterocycles. The lowest BCUT2D eigenvalue weighted by Gasteiger charge is -2.32. The maximum Gasteiger partial charge on any atom is 0.179 e. The zero-order valence-electron chi connectivity index (χ0n) is 19.5. The highest BCUT2D eigenvalue weighted by atomic mass is 35.5. The van der Waals surface area contributed by atoms with Gasteiger partial charge in [-0.15, -0.1) is 0 Å². The van der Waals surface area contributed by atoms with Gasteiger partial charge in [0.1, 0.15) is 4.90 Å². The lowest BCUT2D eigenvalue weighted by molar-refractivity contribution is 0.255. The van der Waals surface area contributed by atoms with Crippen LogP contribution in [-0.2, 0) is 9.84 Å². The molecule has 2 N–H and O–H groups in total. The number of phenols is 1. The number of halogens is 2. The maximum atomic E-state index is 14.1. The molecule has 1 aliphatic rings. The first-order chi connectivity index (χ1) is 16.0. The minimum atomic E-state index is -3.54. The molecule has 0 amide bonds. The predicted molar refractivity (Wildman–Crippen MR) is 135 cm³/mol. The first kappa shape index (κ1) is 24.7. The zero-order chi connectivity index (χ0) is 24.6. The predicted octanol–water partition coefficient (Wildman–Crippen LogP) is 5.34. The number of sulfone groups is 1. The van der Waals surface area contributed by atoms with Crippen LogP contribution >= 0.6 is 11.6 Å². The molecule has 6 nitrogen and oxygen atoms in total. The molecule has 1 saturated carbocycles. The number of hydrogen-bond acceptors (Lipinski definition) is 6. The Morgan fingerprint density at radius 3 is 2.47 bits per heavy atom. The first-order valence-electron chi connectivity index (χ1n) is 11.3. The molecular weight excluding hydrogens is 477 g/mol. The Morgan fingerprint density at radius 1 is 1.15 bits per heavy atom. The van der Waals surface area contributed by atoms with Crippen LogP contribution < -0.4 is 5.32 Å². The number of aromatic nitrogens is 1. The van der Waals surface area contributed by atoms with Crippen LogP contribution in [0.25, 0.3) is 22.0 Å². The zero-order valence-corrected chi connectivity index (χ0v) is 21.0. The van der Waals surface area contributed by atoms with Gasteiger partial charge in [0.2, 0.25) is 0 Å². The average Bonchev–Trinajstić information content (AvgIpc) is 2.77. The SMILES string of the molecule is CN(C)C[C@H]1CC[C@H](Nc2c(S(C)(=O)=O)cnc3ccc(-c4cc(F)c(O)c(Cl)c4)cc23)CC1. The standard InChI is InChI=1S/C25H29ClFN3O3S/c1-30(2)14-15-4-7-18(8-5-15)29-24-19-10-16(17-11-20(26)25(31)21(27)12-17)6-9-22(19)28-13-23(24)34(3,32)33/h6,9-13,15,18,31H,4-5,7-8,14H2,1-3H3,(H,28,29)/t15-,18-. The van der Waals surface area contributed by atoms with Crippen molar-refractivity contribution in [1.82, 2.24) is 9.88 Å². The molecule has 0 bridgehead atoms. The van der Waals surface area contributed by atoms with E-state index in [1.807, 2.05) is 0 Å². The number of nitrogens with zero attached hydrogens (tertiary/aromatic N) is 2. The van der Waals surface area contributed by atoms with Crippen molar-refractivity contribution < 1.29 is 17.9 Å². The number of anilines is 1. The van der Waals surface area contributed by atoms with Crippen molar-refractivity contribution in [2.24, 2.45) is 5.92 Å². The third-order valence-electron chi connectivity index (χ3n) is 6.40. The number of fused-ring (bicyclic) bond motifs is 1. The van der Waals surface area contributed by atoms with E-state index in [9.17, 15) is 17.9 Å². The Labute approximate surface area is 204 Å². The molecule has 4 rings (SSSR count). The third kappa shape index (κ3) is 5.29. The van der Waals surface area contributed by atoms with E-state index in [4.69, 9.17) is 11.6 Å². The Bertz CT molecular complexity index is 1300. The van der Waals surface area contributed by atoms with Gasteiger partial charge >= 0.3 is 0 Å². The molecule has 3 aromatic rings. The van der Waals surface area contributed by atoms with Crippen LogP contribution in [0.3, 0.4) is 0 Å². The highest BCUT2D eigenvalue weighted by Crippen LogP contribution is 2.37. The number of nitrogens with one attached hydrogen (secondary N) is 1. The highest BCUT2D eigenvalue weighted by Gasteiger charge is 2.25. The minimum Gasteiger partial charge on any atom is -0.504 e. The number of rotatable bonds is 6. The molecule has 34 heavy (non-hydrogen) atoms. The van der Waals surface area contributed by atoms with E-state index < -0.39 is 21.4 Å². The average molecular weight is 506 g/mol. The number of aromatic hydroxyl groups is 1. The lowest BCUT2D eigenvalue weighted by atomic mass is 9.85. The fraction of sp³-hybridized carbons (Fsp3) is 0.400. The summed E-state index contributed by atoms with van der Waals surface area (Å²) in [7, 11) is 0.615. The summed E-state index contributed by atoms with van der Waals surface area (Å²) in [6.45, 7) is 1.05. The Balaban J connectivity index is 1.75. The summed E-state index contributed by atoms with van der Waals surface area (Å²) in [4.78, 5) is 6.71. The van der Waals surface area contributed by atoms with Crippen LogP contribution in [0.2, 0.25) is 5.02 Å². The normalized spacial score (nSPS) is 19.0. The molecule has 0 unspecified atom stereocenters. The Kier molecular flexibility index (Phi) is 7.03. The molecule has 0 saturated heterocycles. The number of benzene rings is 2. The minimum absolute atomic E-state index is 0.0917. The van der Waals surface area contributed by atoms with Gasteiger partial charge in [0.15, 0.2) is 21.4 Å². The largest absolute Gasteiger partial charge is 0.504 e. The van der Waals surface area contributed by atoms with Crippen molar-refractivity contribution in [2.45, 2.75) is 36.6 Å². The van der Waals surface area contributed by atoms with Crippen molar-refractivity contribution in [3.05, 3.63) is 47.4 Å². The summed E-state index contributed by atoms with van der Waals surface area (Å²) in [5, 5.41) is 13.7. The molecule has 0 spiro atoms. The molecule has 1 heterocycles. The summed E-state index contributed by atoms with van der Waals surface area (Å²) in [6, 6.07) is 8.17. The fourth-order valence-electron chi connectivity index (χ4n) is 4.73. The van der Waals surface area contributed by atoms with Gasteiger partial charge in [-0.25, -0.2) is 12.8 Å². The Morgan fingerprint density at radius 2 is 1.85 bits per heavy atom. The van der Waals surface area contributed by atoms with E-state index in [1.54, 1.807) is 18.2 Å². The fourth-order valence-corrected chi connectivity index (χ4v) is 5.72. The lowest BCUT2D eigenvalue weighted by Crippen LogP contribution is -2.31. The molecule has 0 atom stereocenters. The smallest absolute Gasteiger partial charge is 0.179 e. The molecule has 9 heteroatoms. The van der Waals surface area contributed by atoms with Gasteiger partial charge in [-0.05, 0) is 81.1 Å². The molecule has 1 aliphatic carbocycles. The second kappa shape index (κ2) is 9.68. The van der Waals surface area contributed by atoms with Crippen LogP contribution in [0.1, 0.15) is 25.7 Å². The van der Waals surface area contributed by atoms with Gasteiger partial charge in [-0.1, -0.05) is 17.7 Å². The quantitative estimate of drug-likeness (QED) is 0.471. The van der Waals surface area contributed by atoms with Crippen LogP contribution in [-0.4, -0.2) is 56.3 Å². The van der Waals surface area contributed by atoms with Crippen molar-refractivity contribution in [3.8, 4) is 16.9 Å². The summed E-state index contributed by atoms with van der Waals surface area (Å²) < 4.78 is 39.3. The molecule has 2 aromatic carbocycles. The summed E-state index contributed by atoms with van der Waals surface area (Å²) in [5.41, 5.74) is 2.27. The second-order valence-corrected chi connectivity index (χ2v) is 11.8. The number of phenolic OH excluding ortho intramolecular Hbond substituents is 1. The van der Waals surface area contributed by atoms with Gasteiger partial charge < -0.3 is 15.3 Å². The molecule has 1 aromatic heterocycles. The van der Waals surface area contributed by atoms with E-state index in [0.717, 1.165) is 32.2 Å². The van der Waals surface area contributed by atoms with Crippen molar-refractivity contribution in [1.29, 1.82) is 0 Å². The van der Waals surface area contributed by atoms with Gasteiger partial charge in [-0.2, -0.15) is 0 Å². The number of hydrogen-bond donors (Lipinski definition) is 2. The van der Waals surface area contributed by atoms with Crippen LogP contribution in [0.15, 0.2) is 41.4 Å². The third-order valence-corrected chi connectivity index (χ3v) is 7.80. The van der Waals surface area contributed by atoms with Crippen molar-refractivity contribution in [2.75, 3.05) is 32.2 Å². The van der Waals surface area contributed by atoms with Crippen LogP contribution in [0.5, 0.6) is 5.75 Å². The van der Waals surface area contributed by atoms with Crippen molar-refractivity contribution in [3.63, 3.8) is 0 Å². The monoisotopic (exact) mass is 505 g/mol. The first-order valence-corrected chi connectivity index (χ1v) is 13.5. The topological polar surface area (TPSA) is 82.5 Å². The van der Waals surface area contributed by atoms with E-state index in [0.29, 0.717) is 33.6 Å². The molecule has 182 valence electrons. The molecule has 1 fully saturated rings. The molecule has 0 radical (unpaired) electrons.